The third kappa shape index (κ3) is 8.25. The van der Waals surface area contributed by atoms with Gasteiger partial charge in [-0.2, -0.15) is 0 Å². The number of nitrogens with one attached hydrogen (secondary N) is 2. The van der Waals surface area contributed by atoms with Crippen LogP contribution in [0.1, 0.15) is 65.2 Å². The Morgan fingerprint density at radius 2 is 1.86 bits per heavy atom. The zero-order chi connectivity index (χ0) is 30.3. The van der Waals surface area contributed by atoms with Gasteiger partial charge in [0.05, 0.1) is 36.8 Å². The number of alkyl halides is 2. The summed E-state index contributed by atoms with van der Waals surface area (Å²) < 4.78 is 30.2. The number of piperazine rings is 1. The van der Waals surface area contributed by atoms with Gasteiger partial charge in [-0.25, -0.2) is 8.78 Å². The summed E-state index contributed by atoms with van der Waals surface area (Å²) >= 11 is 0. The van der Waals surface area contributed by atoms with E-state index in [4.69, 9.17) is 11.5 Å². The van der Waals surface area contributed by atoms with Crippen LogP contribution in [0.15, 0.2) is 4.99 Å². The van der Waals surface area contributed by atoms with Crippen LogP contribution in [0.4, 0.5) is 8.78 Å². The Morgan fingerprint density at radius 3 is 2.48 bits per heavy atom. The number of halogens is 2. The molecular weight excluding hydrogens is 542 g/mol. The van der Waals surface area contributed by atoms with Crippen LogP contribution in [0, 0.1) is 11.3 Å². The molecule has 7 atom stereocenters. The third-order valence-electron chi connectivity index (χ3n) is 10.2. The van der Waals surface area contributed by atoms with Gasteiger partial charge in [-0.1, -0.05) is 33.1 Å². The molecule has 0 aromatic rings. The van der Waals surface area contributed by atoms with Gasteiger partial charge in [0.1, 0.15) is 12.3 Å². The van der Waals surface area contributed by atoms with E-state index in [1.54, 1.807) is 0 Å². The summed E-state index contributed by atoms with van der Waals surface area (Å²) in [5, 5.41) is 6.22. The van der Waals surface area contributed by atoms with Gasteiger partial charge in [0, 0.05) is 58.6 Å². The lowest BCUT2D eigenvalue weighted by atomic mass is 9.69. The minimum atomic E-state index is -1.17. The minimum Gasteiger partial charge on any atom is -0.350 e. The number of aliphatic imine (C=N–C) groups is 1. The van der Waals surface area contributed by atoms with Crippen LogP contribution < -0.4 is 22.1 Å². The number of carbonyl (C=O) groups is 2. The predicted molar refractivity (Wildman–Crippen MR) is 162 cm³/mol. The maximum atomic E-state index is 15.5. The standard InChI is InChI=1S/C30H54F2N8O2/c1-3-5-8-30(4-2)9-7-21(31)17-36-23(16-30)26(28(33)34)29(42)37-24-19-35-18-22(32)27(24)40-14-12-38(13-15-40)20-25(41)39-10-6-11-39/h17,21-24,26-28,35H,3-16,18-20,33-34H2,1-2H3,(H,37,42). The largest absolute Gasteiger partial charge is 0.350 e. The molecule has 0 radical (unpaired) electrons. The van der Waals surface area contributed by atoms with Crippen molar-refractivity contribution in [3.8, 4) is 0 Å². The van der Waals surface area contributed by atoms with Crippen molar-refractivity contribution in [2.24, 2.45) is 27.8 Å². The second kappa shape index (κ2) is 15.3. The number of amides is 2. The Morgan fingerprint density at radius 1 is 1.12 bits per heavy atom. The van der Waals surface area contributed by atoms with Crippen molar-refractivity contribution in [2.45, 2.75) is 102 Å². The lowest BCUT2D eigenvalue weighted by Crippen LogP contribution is -2.68. The van der Waals surface area contributed by atoms with E-state index in [0.29, 0.717) is 52.1 Å². The molecule has 7 unspecified atom stereocenters. The quantitative estimate of drug-likeness (QED) is 0.262. The smallest absolute Gasteiger partial charge is 0.236 e. The van der Waals surface area contributed by atoms with Crippen molar-refractivity contribution in [3.63, 3.8) is 0 Å². The molecule has 0 spiro atoms. The van der Waals surface area contributed by atoms with Gasteiger partial charge < -0.3 is 27.0 Å². The second-order valence-electron chi connectivity index (χ2n) is 13.0. The first kappa shape index (κ1) is 33.2. The lowest BCUT2D eigenvalue weighted by molar-refractivity contribution is -0.136. The molecule has 4 aliphatic heterocycles. The number of unbranched alkanes of at least 4 members (excludes halogenated alkanes) is 1. The molecule has 0 bridgehead atoms. The number of hydrogen-bond donors (Lipinski definition) is 4. The van der Waals surface area contributed by atoms with Gasteiger partial charge in [0.2, 0.25) is 11.8 Å². The number of piperidine rings is 1. The number of hydrogen-bond acceptors (Lipinski definition) is 8. The van der Waals surface area contributed by atoms with Crippen molar-refractivity contribution in [1.82, 2.24) is 25.3 Å². The third-order valence-corrected chi connectivity index (χ3v) is 10.2. The van der Waals surface area contributed by atoms with Gasteiger partial charge in [-0.05, 0) is 37.5 Å². The van der Waals surface area contributed by atoms with Crippen molar-refractivity contribution in [2.75, 3.05) is 58.9 Å². The topological polar surface area (TPSA) is 132 Å². The van der Waals surface area contributed by atoms with Crippen molar-refractivity contribution >= 4 is 18.0 Å². The van der Waals surface area contributed by atoms with E-state index in [1.165, 1.54) is 6.21 Å². The molecule has 0 aromatic heterocycles. The summed E-state index contributed by atoms with van der Waals surface area (Å²) in [6, 6.07) is -1.54. The van der Waals surface area contributed by atoms with Gasteiger partial charge >= 0.3 is 0 Å². The summed E-state index contributed by atoms with van der Waals surface area (Å²) in [7, 11) is 0. The van der Waals surface area contributed by atoms with Crippen LogP contribution in [-0.4, -0.2) is 128 Å². The molecule has 2 amide bonds. The van der Waals surface area contributed by atoms with E-state index < -0.39 is 42.6 Å². The molecule has 4 heterocycles. The lowest BCUT2D eigenvalue weighted by Gasteiger charge is -2.46. The monoisotopic (exact) mass is 596 g/mol. The summed E-state index contributed by atoms with van der Waals surface area (Å²) in [6.07, 6.45) is 4.71. The van der Waals surface area contributed by atoms with Gasteiger partial charge in [0.15, 0.2) is 0 Å². The molecular formula is C30H54F2N8O2. The second-order valence-corrected chi connectivity index (χ2v) is 13.0. The highest BCUT2D eigenvalue weighted by Crippen LogP contribution is 2.42. The van der Waals surface area contributed by atoms with Gasteiger partial charge in [-0.3, -0.25) is 24.4 Å². The van der Waals surface area contributed by atoms with Crippen LogP contribution in [0.25, 0.3) is 0 Å². The van der Waals surface area contributed by atoms with Crippen molar-refractivity contribution in [1.29, 1.82) is 0 Å². The first-order valence-corrected chi connectivity index (χ1v) is 16.2. The molecule has 0 aromatic carbocycles. The fourth-order valence-electron chi connectivity index (χ4n) is 7.27. The highest BCUT2D eigenvalue weighted by atomic mass is 19.1. The Hall–Kier alpha value is -1.73. The van der Waals surface area contributed by atoms with E-state index in [0.717, 1.165) is 51.6 Å². The van der Waals surface area contributed by atoms with E-state index in [1.807, 2.05) is 4.90 Å². The maximum absolute atomic E-state index is 15.5. The Balaban J connectivity index is 1.44. The van der Waals surface area contributed by atoms with Crippen molar-refractivity contribution in [3.05, 3.63) is 0 Å². The minimum absolute atomic E-state index is 0.133. The summed E-state index contributed by atoms with van der Waals surface area (Å²) in [5.74, 6) is -1.05. The van der Waals surface area contributed by atoms with Crippen LogP contribution in [0.3, 0.4) is 0 Å². The normalized spacial score (nSPS) is 34.0. The van der Waals surface area contributed by atoms with E-state index in [2.05, 4.69) is 39.3 Å². The molecule has 6 N–H and O–H groups in total. The maximum Gasteiger partial charge on any atom is 0.236 e. The predicted octanol–water partition coefficient (Wildman–Crippen LogP) is 1.04. The highest BCUT2D eigenvalue weighted by molar-refractivity contribution is 5.81. The Bertz CT molecular complexity index is 914. The Labute approximate surface area is 250 Å². The fraction of sp³-hybridized carbons (Fsp3) is 0.900. The number of rotatable bonds is 11. The molecule has 0 saturated carbocycles. The molecule has 240 valence electrons. The number of likely N-dealkylation sites (tertiary alicyclic amines) is 1. The zero-order valence-corrected chi connectivity index (χ0v) is 25.7. The summed E-state index contributed by atoms with van der Waals surface area (Å²) in [6.45, 7) is 9.56. The van der Waals surface area contributed by atoms with Crippen LogP contribution in [-0.2, 0) is 9.59 Å². The first-order chi connectivity index (χ1) is 20.2. The number of carbonyl (C=O) groups excluding carboxylic acids is 2. The molecule has 4 rings (SSSR count). The SMILES string of the molecule is CCCCC1(CC)CCC(F)C=NC(C(C(=O)NC2CNCC(F)C2N2CCN(CC(=O)N3CCC3)CC2)C(N)N)C1. The molecule has 0 aliphatic carbocycles. The van der Waals surface area contributed by atoms with Crippen LogP contribution >= 0.6 is 0 Å². The fourth-order valence-corrected chi connectivity index (χ4v) is 7.27. The molecule has 42 heavy (non-hydrogen) atoms. The molecule has 3 saturated heterocycles. The molecule has 12 heteroatoms. The summed E-state index contributed by atoms with van der Waals surface area (Å²) in [4.78, 5) is 37.0. The van der Waals surface area contributed by atoms with Gasteiger partial charge in [0.25, 0.3) is 0 Å². The average Bonchev–Trinajstić information content (AvgIpc) is 2.92. The van der Waals surface area contributed by atoms with E-state index in [9.17, 15) is 14.0 Å². The Kier molecular flexibility index (Phi) is 12.1. The number of nitrogens with two attached hydrogens (primary N) is 2. The molecule has 4 aliphatic rings. The van der Waals surface area contributed by atoms with Crippen LogP contribution in [0.5, 0.6) is 0 Å². The summed E-state index contributed by atoms with van der Waals surface area (Å²) in [5.41, 5.74) is 12.3. The average molecular weight is 597 g/mol. The van der Waals surface area contributed by atoms with Crippen molar-refractivity contribution < 1.29 is 18.4 Å². The van der Waals surface area contributed by atoms with E-state index >= 15 is 4.39 Å². The number of nitrogens with zero attached hydrogens (tertiary/aromatic N) is 4. The molecule has 10 nitrogen and oxygen atoms in total. The molecule has 3 fully saturated rings. The van der Waals surface area contributed by atoms with Crippen LogP contribution in [0.2, 0.25) is 0 Å². The van der Waals surface area contributed by atoms with E-state index in [-0.39, 0.29) is 23.8 Å². The highest BCUT2D eigenvalue weighted by Gasteiger charge is 2.44. The first-order valence-electron chi connectivity index (χ1n) is 16.2. The van der Waals surface area contributed by atoms with Gasteiger partial charge in [-0.15, -0.1) is 0 Å². The zero-order valence-electron chi connectivity index (χ0n) is 25.7.